The van der Waals surface area contributed by atoms with E-state index in [4.69, 9.17) is 43.8 Å². The number of carboxylic acids is 1. The molecular weight excluding hydrogens is 953 g/mol. The van der Waals surface area contributed by atoms with Crippen LogP contribution >= 0.6 is 18.9 Å². The van der Waals surface area contributed by atoms with Crippen LogP contribution in [0.1, 0.15) is 35.2 Å². The van der Waals surface area contributed by atoms with Crippen molar-refractivity contribution < 1.29 is 109 Å². The van der Waals surface area contributed by atoms with Crippen molar-refractivity contribution in [2.75, 3.05) is 51.1 Å². The fourth-order valence-corrected chi connectivity index (χ4v) is 8.31. The maximum Gasteiger partial charge on any atom is 0.430 e. The number of thiophene rings is 1. The molecule has 1 amide bonds. The molecule has 0 aliphatic heterocycles. The zero-order valence-corrected chi connectivity index (χ0v) is 36.2. The monoisotopic (exact) mass is 994 g/mol. The zero-order valence-electron chi connectivity index (χ0n) is 33.7. The number of benzene rings is 3. The molecule has 0 aliphatic carbocycles. The summed E-state index contributed by atoms with van der Waals surface area (Å²) in [5.41, 5.74) is 11.8. The van der Waals surface area contributed by atoms with Gasteiger partial charge >= 0.3 is 12.9 Å². The van der Waals surface area contributed by atoms with E-state index in [-0.39, 0.29) is 15.3 Å². The second-order valence-corrected chi connectivity index (χ2v) is 16.9. The molecular formula is C36H42F7N6O13PS2. The molecule has 19 nitrogen and oxygen atoms in total. The molecule has 4 aromatic rings. The molecule has 1 atom stereocenters. The highest BCUT2D eigenvalue weighted by Gasteiger charge is 2.29. The molecule has 1 heterocycles. The smallest absolute Gasteiger partial charge is 0.430 e. The van der Waals surface area contributed by atoms with E-state index in [0.717, 1.165) is 23.5 Å². The number of anilines is 1. The molecule has 0 bridgehead atoms. The van der Waals surface area contributed by atoms with Gasteiger partial charge in [0.1, 0.15) is 27.8 Å². The topological polar surface area (TPSA) is 339 Å². The van der Waals surface area contributed by atoms with Crippen molar-refractivity contribution in [2.45, 2.75) is 36.3 Å². The Morgan fingerprint density at radius 3 is 1.88 bits per heavy atom. The number of nitriles is 1. The van der Waals surface area contributed by atoms with Gasteiger partial charge in [0.2, 0.25) is 5.75 Å². The number of fused-ring (bicyclic) bond motifs is 1. The summed E-state index contributed by atoms with van der Waals surface area (Å²) in [4.78, 5) is 43.0. The van der Waals surface area contributed by atoms with Crippen LogP contribution in [0.3, 0.4) is 0 Å². The highest BCUT2D eigenvalue weighted by molar-refractivity contribution is 7.92. The van der Waals surface area contributed by atoms with Crippen LogP contribution in [0.4, 0.5) is 36.4 Å². The third-order valence-corrected chi connectivity index (χ3v) is 11.5. The Labute approximate surface area is 369 Å². The number of carbonyl (C=O) groups excluding carboxylic acids is 3. The van der Waals surface area contributed by atoms with Gasteiger partial charge in [-0.15, -0.1) is 11.3 Å². The van der Waals surface area contributed by atoms with E-state index in [9.17, 15) is 53.4 Å². The third kappa shape index (κ3) is 21.2. The maximum absolute atomic E-state index is 13.9. The van der Waals surface area contributed by atoms with Crippen LogP contribution in [-0.2, 0) is 24.2 Å². The van der Waals surface area contributed by atoms with Crippen LogP contribution < -0.4 is 61.1 Å². The number of hydrogen-bond donors (Lipinski definition) is 5. The largest absolute Gasteiger partial charge is 0.768 e. The molecule has 0 saturated carbocycles. The number of rotatable bonds is 20. The second kappa shape index (κ2) is 28.2. The Morgan fingerprint density at radius 1 is 0.908 bits per heavy atom. The molecule has 1 unspecified atom stereocenters. The number of quaternary nitrogens is 3. The molecule has 0 aliphatic rings. The lowest BCUT2D eigenvalue weighted by atomic mass is 10.1. The number of hydrogen-bond acceptors (Lipinski definition) is 15. The predicted octanol–water partition coefficient (Wildman–Crippen LogP) is -0.0918. The standard InChI is InChI=1S/C32H38FN6O9PS2.C2HF3O2.CHF3.CH2O2/c33-26-18-25(6-4-21(26)19-37)48-49(41,42)20-38-51(43,44)30-17-22-14-24(5-7-29(22)50-30)39-32(40)23-15-27(45-11-1-8-34)31(47-13-3-10-36)28(16-23)46-12-2-9-35;3-2(4,5)1(6)7;2-1(3)4;2-1-3/h4-7,14-18,38H,1-3,8-13,20,34-36H2,(H,39,40)(H,41,42);(H,6,7);1H;1H,(H,2,3). The molecule has 65 heavy (non-hydrogen) atoms. The molecule has 0 radical (unpaired) electrons. The molecule has 1 aromatic heterocycles. The number of sulfonamides is 1. The summed E-state index contributed by atoms with van der Waals surface area (Å²) >= 11 is 0.885. The number of halogens is 7. The molecule has 3 aromatic carbocycles. The Bertz CT molecular complexity index is 2340. The number of carboxylic acid groups (broad SMARTS) is 2. The van der Waals surface area contributed by atoms with Gasteiger partial charge in [-0.05, 0) is 53.9 Å². The van der Waals surface area contributed by atoms with Crippen LogP contribution in [0.5, 0.6) is 23.0 Å². The number of nitrogens with zero attached hydrogens (tertiary/aromatic N) is 1. The summed E-state index contributed by atoms with van der Waals surface area (Å²) in [5.74, 6) is -3.82. The first-order valence-corrected chi connectivity index (χ1v) is 22.3. The van der Waals surface area contributed by atoms with E-state index in [0.29, 0.717) is 97.8 Å². The number of nitrogens with one attached hydrogen (secondary N) is 2. The maximum atomic E-state index is 13.9. The summed E-state index contributed by atoms with van der Waals surface area (Å²) in [7, 11) is -9.19. The Kier molecular flexibility index (Phi) is 24.8. The number of carbonyl (C=O) groups is 3. The minimum atomic E-state index is -5.19. The van der Waals surface area contributed by atoms with E-state index < -0.39 is 66.7 Å². The molecule has 29 heteroatoms. The van der Waals surface area contributed by atoms with Crippen molar-refractivity contribution in [1.29, 1.82) is 5.26 Å². The molecule has 11 N–H and O–H groups in total. The van der Waals surface area contributed by atoms with Gasteiger partial charge in [0.15, 0.2) is 19.1 Å². The first-order chi connectivity index (χ1) is 30.5. The first-order valence-electron chi connectivity index (χ1n) is 18.2. The van der Waals surface area contributed by atoms with E-state index in [1.807, 2.05) is 4.72 Å². The predicted molar refractivity (Wildman–Crippen MR) is 209 cm³/mol. The van der Waals surface area contributed by atoms with Gasteiger partial charge in [0, 0.05) is 47.8 Å². The van der Waals surface area contributed by atoms with Crippen LogP contribution in [0.2, 0.25) is 0 Å². The van der Waals surface area contributed by atoms with Crippen molar-refractivity contribution in [3.05, 3.63) is 71.5 Å². The minimum Gasteiger partial charge on any atom is -0.768 e. The van der Waals surface area contributed by atoms with E-state index in [1.54, 1.807) is 36.4 Å². The lowest BCUT2D eigenvalue weighted by Gasteiger charge is -2.24. The number of aliphatic carboxylic acids is 1. The highest BCUT2D eigenvalue weighted by atomic mass is 32.2. The summed E-state index contributed by atoms with van der Waals surface area (Å²) < 4.78 is 138. The normalized spacial score (nSPS) is 11.8. The molecule has 0 spiro atoms. The average molecular weight is 995 g/mol. The lowest BCUT2D eigenvalue weighted by molar-refractivity contribution is -0.369. The van der Waals surface area contributed by atoms with E-state index in [2.05, 4.69) is 22.5 Å². The summed E-state index contributed by atoms with van der Waals surface area (Å²) in [5, 5.41) is 29.2. The molecule has 4 rings (SSSR count). The van der Waals surface area contributed by atoms with Crippen LogP contribution in [0.25, 0.3) is 10.1 Å². The zero-order chi connectivity index (χ0) is 49.4. The summed E-state index contributed by atoms with van der Waals surface area (Å²) in [6, 6.07) is 13.7. The van der Waals surface area contributed by atoms with Gasteiger partial charge in [-0.3, -0.25) is 9.36 Å². The van der Waals surface area contributed by atoms with Crippen LogP contribution in [0, 0.1) is 17.1 Å². The Morgan fingerprint density at radius 2 is 1.42 bits per heavy atom. The lowest BCUT2D eigenvalue weighted by Crippen LogP contribution is -2.50. The second-order valence-electron chi connectivity index (χ2n) is 12.1. The Balaban J connectivity index is 0.00000131. The van der Waals surface area contributed by atoms with Crippen LogP contribution in [0.15, 0.2) is 58.8 Å². The SMILES string of the molecule is FC(F)F.N#Cc1ccc(OP(=O)([O-])CNS(=O)(=O)c2cc3cc(NC(=O)c4cc(OCCC[NH3+])c(OCCC[NH3+])c(OCCC[NH3+])c4)ccc3s2)cc1F.O=C([O-])C(F)(F)F.O=C[O-]. The van der Waals surface area contributed by atoms with Crippen molar-refractivity contribution in [1.82, 2.24) is 4.72 Å². The van der Waals surface area contributed by atoms with E-state index in [1.165, 1.54) is 6.07 Å². The summed E-state index contributed by atoms with van der Waals surface area (Å²) in [6.45, 7) is -1.09. The fourth-order valence-electron chi connectivity index (χ4n) is 4.41. The van der Waals surface area contributed by atoms with Crippen molar-refractivity contribution in [3.63, 3.8) is 0 Å². The molecule has 0 saturated heterocycles. The highest BCUT2D eigenvalue weighted by Crippen LogP contribution is 2.41. The quantitative estimate of drug-likeness (QED) is 0.0335. The van der Waals surface area contributed by atoms with Crippen molar-refractivity contribution in [3.8, 4) is 29.1 Å². The van der Waals surface area contributed by atoms with Crippen molar-refractivity contribution in [2.24, 2.45) is 0 Å². The first kappa shape index (κ1) is 57.2. The van der Waals surface area contributed by atoms with Gasteiger partial charge in [-0.2, -0.15) is 31.6 Å². The molecule has 0 fully saturated rings. The van der Waals surface area contributed by atoms with Gasteiger partial charge in [-0.1, -0.05) is 0 Å². The van der Waals surface area contributed by atoms with Gasteiger partial charge in [-0.25, -0.2) is 17.5 Å². The number of amides is 1. The Hall–Kier alpha value is -5.79. The average Bonchev–Trinajstić information content (AvgIpc) is 3.66. The molecule has 360 valence electrons. The summed E-state index contributed by atoms with van der Waals surface area (Å²) in [6.07, 6.45) is -4.23. The van der Waals surface area contributed by atoms with Gasteiger partial charge in [0.05, 0.1) is 51.3 Å². The van der Waals surface area contributed by atoms with Gasteiger partial charge in [0.25, 0.3) is 15.9 Å². The minimum absolute atomic E-state index is 0.187. The number of ether oxygens (including phenoxy) is 3. The number of alkyl halides is 6. The third-order valence-electron chi connectivity index (χ3n) is 7.23. The van der Waals surface area contributed by atoms with Crippen molar-refractivity contribution >= 4 is 63.1 Å². The van der Waals surface area contributed by atoms with E-state index >= 15 is 0 Å². The van der Waals surface area contributed by atoms with Crippen LogP contribution in [-0.4, -0.2) is 85.4 Å². The fraction of sp³-hybridized carbons (Fsp3) is 0.333. The van der Waals surface area contributed by atoms with Gasteiger partial charge < -0.3 is 65.9 Å².